The van der Waals surface area contributed by atoms with Gasteiger partial charge in [0.25, 0.3) is 0 Å². The van der Waals surface area contributed by atoms with E-state index in [4.69, 9.17) is 0 Å². The summed E-state index contributed by atoms with van der Waals surface area (Å²) in [6.45, 7) is 0. The highest BCUT2D eigenvalue weighted by atomic mass is 16.1. The fourth-order valence-electron chi connectivity index (χ4n) is 0.322. The number of carbonyl (C=O) groups is 2. The predicted octanol–water partition coefficient (Wildman–Crippen LogP) is 0.887. The van der Waals surface area contributed by atoms with Gasteiger partial charge in [0.05, 0.1) is 0 Å². The highest BCUT2D eigenvalue weighted by Gasteiger charge is 1.67. The molecule has 48 valence electrons. The molecule has 9 heavy (non-hydrogen) atoms. The van der Waals surface area contributed by atoms with Crippen LogP contribution in [0.25, 0.3) is 0 Å². The maximum atomic E-state index is 9.69. The molecule has 0 aliphatic heterocycles. The SMILES string of the molecule is O=CC=CC=CCC=O. The van der Waals surface area contributed by atoms with Crippen molar-refractivity contribution in [1.29, 1.82) is 0 Å². The fourth-order valence-corrected chi connectivity index (χ4v) is 0.322. The molecule has 0 fully saturated rings. The maximum Gasteiger partial charge on any atom is 0.142 e. The van der Waals surface area contributed by atoms with Crippen molar-refractivity contribution in [3.63, 3.8) is 0 Å². The monoisotopic (exact) mass is 124 g/mol. The summed E-state index contributed by atoms with van der Waals surface area (Å²) < 4.78 is 0. The van der Waals surface area contributed by atoms with Crippen LogP contribution in [0.15, 0.2) is 24.3 Å². The van der Waals surface area contributed by atoms with Crippen molar-refractivity contribution in [2.24, 2.45) is 0 Å². The lowest BCUT2D eigenvalue weighted by molar-refractivity contribution is -0.107. The fraction of sp³-hybridized carbons (Fsp3) is 0.143. The zero-order chi connectivity index (χ0) is 6.95. The zero-order valence-electron chi connectivity index (χ0n) is 4.99. The summed E-state index contributed by atoms with van der Waals surface area (Å²) >= 11 is 0. The predicted molar refractivity (Wildman–Crippen MR) is 35.0 cm³/mol. The van der Waals surface area contributed by atoms with E-state index in [1.807, 2.05) is 0 Å². The number of hydrogen-bond donors (Lipinski definition) is 0. The van der Waals surface area contributed by atoms with Crippen LogP contribution in [0.3, 0.4) is 0 Å². The number of aldehydes is 2. The molecule has 0 saturated carbocycles. The van der Waals surface area contributed by atoms with Crippen molar-refractivity contribution in [1.82, 2.24) is 0 Å². The third-order valence-corrected chi connectivity index (χ3v) is 0.669. The van der Waals surface area contributed by atoms with Crippen LogP contribution >= 0.6 is 0 Å². The molecule has 0 heterocycles. The molecule has 0 unspecified atom stereocenters. The van der Waals surface area contributed by atoms with Crippen LogP contribution in [0.5, 0.6) is 0 Å². The molecule has 0 N–H and O–H groups in total. The van der Waals surface area contributed by atoms with Gasteiger partial charge in [0, 0.05) is 6.42 Å². The van der Waals surface area contributed by atoms with Crippen LogP contribution in [0.4, 0.5) is 0 Å². The zero-order valence-corrected chi connectivity index (χ0v) is 4.99. The molecule has 0 aliphatic rings. The smallest absolute Gasteiger partial charge is 0.142 e. The van der Waals surface area contributed by atoms with Gasteiger partial charge >= 0.3 is 0 Å². The molecule has 0 spiro atoms. The van der Waals surface area contributed by atoms with E-state index in [1.54, 1.807) is 18.2 Å². The number of allylic oxidation sites excluding steroid dienone is 4. The molecular formula is C7H8O2. The molecule has 0 atom stereocenters. The van der Waals surface area contributed by atoms with E-state index in [9.17, 15) is 9.59 Å². The Morgan fingerprint density at radius 2 is 1.78 bits per heavy atom. The minimum atomic E-state index is 0.406. The average Bonchev–Trinajstić information content (AvgIpc) is 1.89. The quantitative estimate of drug-likeness (QED) is 0.317. The van der Waals surface area contributed by atoms with E-state index in [2.05, 4.69) is 0 Å². The van der Waals surface area contributed by atoms with Crippen molar-refractivity contribution >= 4 is 12.6 Å². The van der Waals surface area contributed by atoms with Gasteiger partial charge in [-0.1, -0.05) is 18.2 Å². The first-order valence-electron chi connectivity index (χ1n) is 2.62. The van der Waals surface area contributed by atoms with Crippen LogP contribution in [0, 0.1) is 0 Å². The van der Waals surface area contributed by atoms with Gasteiger partial charge in [-0.25, -0.2) is 0 Å². The molecule has 0 amide bonds. The molecule has 0 bridgehead atoms. The minimum Gasteiger partial charge on any atom is -0.303 e. The van der Waals surface area contributed by atoms with Crippen molar-refractivity contribution in [2.45, 2.75) is 6.42 Å². The third-order valence-electron chi connectivity index (χ3n) is 0.669. The highest BCUT2D eigenvalue weighted by Crippen LogP contribution is 1.77. The number of rotatable bonds is 4. The van der Waals surface area contributed by atoms with Gasteiger partial charge in [-0.05, 0) is 6.08 Å². The normalized spacial score (nSPS) is 10.7. The highest BCUT2D eigenvalue weighted by molar-refractivity contribution is 5.65. The van der Waals surface area contributed by atoms with Crippen LogP contribution in [-0.2, 0) is 9.59 Å². The second-order valence-corrected chi connectivity index (χ2v) is 1.35. The summed E-state index contributed by atoms with van der Waals surface area (Å²) in [7, 11) is 0. The Morgan fingerprint density at radius 1 is 1.00 bits per heavy atom. The first kappa shape index (κ1) is 7.82. The standard InChI is InChI=1S/C7H8O2/c8-6-4-2-1-3-5-7-9/h1-4,6-7H,5H2. The topological polar surface area (TPSA) is 34.1 Å². The molecule has 0 aromatic carbocycles. The van der Waals surface area contributed by atoms with Gasteiger partial charge < -0.3 is 4.79 Å². The second-order valence-electron chi connectivity index (χ2n) is 1.35. The van der Waals surface area contributed by atoms with E-state index in [1.165, 1.54) is 6.08 Å². The van der Waals surface area contributed by atoms with Crippen LogP contribution in [0.1, 0.15) is 6.42 Å². The Hall–Kier alpha value is -1.18. The minimum absolute atomic E-state index is 0.406. The van der Waals surface area contributed by atoms with Crippen molar-refractivity contribution in [3.05, 3.63) is 24.3 Å². The van der Waals surface area contributed by atoms with Crippen molar-refractivity contribution < 1.29 is 9.59 Å². The van der Waals surface area contributed by atoms with Gasteiger partial charge in [0.2, 0.25) is 0 Å². The Labute approximate surface area is 53.9 Å². The lowest BCUT2D eigenvalue weighted by Gasteiger charge is -1.70. The van der Waals surface area contributed by atoms with Crippen molar-refractivity contribution in [2.75, 3.05) is 0 Å². The summed E-state index contributed by atoms with van der Waals surface area (Å²) in [6, 6.07) is 0. The molecule has 0 saturated heterocycles. The van der Waals surface area contributed by atoms with Gasteiger partial charge in [0.1, 0.15) is 12.6 Å². The summed E-state index contributed by atoms with van der Waals surface area (Å²) in [4.78, 5) is 19.3. The Kier molecular flexibility index (Phi) is 5.93. The summed E-state index contributed by atoms with van der Waals surface area (Å²) in [6.07, 6.45) is 8.16. The average molecular weight is 124 g/mol. The summed E-state index contributed by atoms with van der Waals surface area (Å²) in [5.74, 6) is 0. The van der Waals surface area contributed by atoms with Crippen LogP contribution in [0.2, 0.25) is 0 Å². The molecule has 2 heteroatoms. The largest absolute Gasteiger partial charge is 0.303 e. The van der Waals surface area contributed by atoms with E-state index < -0.39 is 0 Å². The van der Waals surface area contributed by atoms with Gasteiger partial charge in [0.15, 0.2) is 0 Å². The van der Waals surface area contributed by atoms with E-state index in [-0.39, 0.29) is 0 Å². The Morgan fingerprint density at radius 3 is 2.33 bits per heavy atom. The van der Waals surface area contributed by atoms with Gasteiger partial charge in [-0.15, -0.1) is 0 Å². The Bertz CT molecular complexity index is 134. The van der Waals surface area contributed by atoms with Crippen LogP contribution < -0.4 is 0 Å². The first-order chi connectivity index (χ1) is 4.41. The summed E-state index contributed by atoms with van der Waals surface area (Å²) in [5, 5.41) is 0. The first-order valence-corrected chi connectivity index (χ1v) is 2.62. The van der Waals surface area contributed by atoms with E-state index in [0.717, 1.165) is 6.29 Å². The lowest BCUT2D eigenvalue weighted by atomic mass is 10.4. The van der Waals surface area contributed by atoms with Crippen LogP contribution in [-0.4, -0.2) is 12.6 Å². The molecule has 2 nitrogen and oxygen atoms in total. The van der Waals surface area contributed by atoms with Crippen molar-refractivity contribution in [3.8, 4) is 0 Å². The molecule has 0 aliphatic carbocycles. The Balaban J connectivity index is 3.33. The third kappa shape index (κ3) is 6.82. The second kappa shape index (κ2) is 6.82. The molecule has 0 aromatic heterocycles. The molecular weight excluding hydrogens is 116 g/mol. The lowest BCUT2D eigenvalue weighted by Crippen LogP contribution is -1.63. The number of hydrogen-bond acceptors (Lipinski definition) is 2. The summed E-state index contributed by atoms with van der Waals surface area (Å²) in [5.41, 5.74) is 0. The van der Waals surface area contributed by atoms with E-state index >= 15 is 0 Å². The maximum absolute atomic E-state index is 9.69. The van der Waals surface area contributed by atoms with E-state index in [0.29, 0.717) is 12.7 Å². The molecule has 0 radical (unpaired) electrons. The van der Waals surface area contributed by atoms with Gasteiger partial charge in [-0.2, -0.15) is 0 Å². The molecule has 0 aromatic rings. The molecule has 0 rings (SSSR count). The van der Waals surface area contributed by atoms with Gasteiger partial charge in [-0.3, -0.25) is 4.79 Å². The number of carbonyl (C=O) groups excluding carboxylic acids is 2.